The second kappa shape index (κ2) is 5.33. The van der Waals surface area contributed by atoms with Gasteiger partial charge >= 0.3 is 0 Å². The molecule has 1 aliphatic rings. The van der Waals surface area contributed by atoms with Crippen molar-refractivity contribution in [1.82, 2.24) is 15.2 Å². The van der Waals surface area contributed by atoms with E-state index in [0.717, 1.165) is 13.1 Å². The van der Waals surface area contributed by atoms with Gasteiger partial charge in [-0.3, -0.25) is 4.90 Å². The number of H-pyrrole nitrogens is 1. The second-order valence-corrected chi connectivity index (χ2v) is 4.54. The lowest BCUT2D eigenvalue weighted by atomic mass is 10.0. The zero-order valence-corrected chi connectivity index (χ0v) is 9.50. The van der Waals surface area contributed by atoms with Crippen LogP contribution >= 0.6 is 0 Å². The molecule has 1 fully saturated rings. The number of piperidine rings is 1. The topological polar surface area (TPSA) is 31.1 Å². The van der Waals surface area contributed by atoms with E-state index in [9.17, 15) is 0 Å². The van der Waals surface area contributed by atoms with Crippen molar-refractivity contribution in [3.05, 3.63) is 24.0 Å². The molecule has 2 heterocycles. The Kier molecular flexibility index (Phi) is 3.80. The van der Waals surface area contributed by atoms with Crippen molar-refractivity contribution in [3.8, 4) is 0 Å². The molecule has 0 saturated carbocycles. The Balaban J connectivity index is 1.74. The predicted octanol–water partition coefficient (Wildman–Crippen LogP) is 1.59. The first-order chi connectivity index (χ1) is 7.34. The van der Waals surface area contributed by atoms with E-state index in [1.807, 2.05) is 6.20 Å². The molecule has 0 spiro atoms. The van der Waals surface area contributed by atoms with Gasteiger partial charge < -0.3 is 10.3 Å². The van der Waals surface area contributed by atoms with Gasteiger partial charge in [-0.25, -0.2) is 0 Å². The highest BCUT2D eigenvalue weighted by Gasteiger charge is 2.14. The summed E-state index contributed by atoms with van der Waals surface area (Å²) in [7, 11) is 2.19. The number of aromatic amines is 1. The minimum Gasteiger partial charge on any atom is -0.364 e. The molecule has 0 aliphatic carbocycles. The van der Waals surface area contributed by atoms with Crippen LogP contribution in [0.15, 0.2) is 18.3 Å². The van der Waals surface area contributed by atoms with Crippen molar-refractivity contribution in [2.24, 2.45) is 0 Å². The third-order valence-electron chi connectivity index (χ3n) is 3.05. The van der Waals surface area contributed by atoms with Gasteiger partial charge in [0.1, 0.15) is 0 Å². The molecule has 1 atom stereocenters. The molecule has 1 aromatic heterocycles. The molecule has 2 N–H and O–H groups in total. The SMILES string of the molecule is CN(Cc1ccc[nH]1)CC1CCCCN1. The number of nitrogens with one attached hydrogen (secondary N) is 2. The largest absolute Gasteiger partial charge is 0.364 e. The van der Waals surface area contributed by atoms with Gasteiger partial charge in [0.05, 0.1) is 0 Å². The molecule has 15 heavy (non-hydrogen) atoms. The Morgan fingerprint density at radius 3 is 3.07 bits per heavy atom. The first-order valence-electron chi connectivity index (χ1n) is 5.89. The number of aromatic nitrogens is 1. The molecule has 1 saturated heterocycles. The van der Waals surface area contributed by atoms with Gasteiger partial charge in [-0.15, -0.1) is 0 Å². The van der Waals surface area contributed by atoms with Crippen LogP contribution < -0.4 is 5.32 Å². The fourth-order valence-electron chi connectivity index (χ4n) is 2.28. The van der Waals surface area contributed by atoms with E-state index in [2.05, 4.69) is 34.4 Å². The molecule has 0 amide bonds. The fraction of sp³-hybridized carbons (Fsp3) is 0.667. The summed E-state index contributed by atoms with van der Waals surface area (Å²) in [4.78, 5) is 5.63. The molecule has 1 aliphatic heterocycles. The molecule has 0 aromatic carbocycles. The van der Waals surface area contributed by atoms with Crippen LogP contribution in [0.3, 0.4) is 0 Å². The fourth-order valence-corrected chi connectivity index (χ4v) is 2.28. The Bertz CT molecular complexity index is 262. The van der Waals surface area contributed by atoms with Crippen LogP contribution in [0.1, 0.15) is 25.0 Å². The third kappa shape index (κ3) is 3.36. The highest BCUT2D eigenvalue weighted by Crippen LogP contribution is 2.09. The van der Waals surface area contributed by atoms with Crippen molar-refractivity contribution >= 4 is 0 Å². The van der Waals surface area contributed by atoms with Gasteiger partial charge in [0.25, 0.3) is 0 Å². The van der Waals surface area contributed by atoms with E-state index in [-0.39, 0.29) is 0 Å². The van der Waals surface area contributed by atoms with Crippen LogP contribution in [0.25, 0.3) is 0 Å². The van der Waals surface area contributed by atoms with Crippen molar-refractivity contribution in [2.45, 2.75) is 31.8 Å². The van der Waals surface area contributed by atoms with E-state index < -0.39 is 0 Å². The highest BCUT2D eigenvalue weighted by molar-refractivity contribution is 5.03. The zero-order chi connectivity index (χ0) is 10.5. The maximum atomic E-state index is 3.58. The van der Waals surface area contributed by atoms with Gasteiger partial charge in [-0.2, -0.15) is 0 Å². The van der Waals surface area contributed by atoms with Gasteiger partial charge in [0.2, 0.25) is 0 Å². The molecular formula is C12H21N3. The average molecular weight is 207 g/mol. The lowest BCUT2D eigenvalue weighted by molar-refractivity contribution is 0.255. The summed E-state index contributed by atoms with van der Waals surface area (Å²) in [6.45, 7) is 3.37. The first kappa shape index (κ1) is 10.7. The molecule has 3 nitrogen and oxygen atoms in total. The lowest BCUT2D eigenvalue weighted by Crippen LogP contribution is -2.42. The molecule has 0 bridgehead atoms. The van der Waals surface area contributed by atoms with E-state index in [0.29, 0.717) is 6.04 Å². The van der Waals surface area contributed by atoms with Crippen molar-refractivity contribution in [1.29, 1.82) is 0 Å². The monoisotopic (exact) mass is 207 g/mol. The standard InChI is InChI=1S/C12H21N3/c1-15(10-12-6-4-8-14-12)9-11-5-2-3-7-13-11/h4,6,8,11,13-14H,2-3,5,7,9-10H2,1H3. The van der Waals surface area contributed by atoms with E-state index in [1.165, 1.54) is 31.5 Å². The maximum Gasteiger partial charge on any atom is 0.0382 e. The Morgan fingerprint density at radius 1 is 1.47 bits per heavy atom. The summed E-state index contributed by atoms with van der Waals surface area (Å²) in [6, 6.07) is 4.89. The number of hydrogen-bond acceptors (Lipinski definition) is 2. The van der Waals surface area contributed by atoms with Gasteiger partial charge in [0, 0.05) is 31.0 Å². The first-order valence-corrected chi connectivity index (χ1v) is 5.89. The number of likely N-dealkylation sites (N-methyl/N-ethyl adjacent to an activating group) is 1. The smallest absolute Gasteiger partial charge is 0.0382 e. The van der Waals surface area contributed by atoms with Crippen molar-refractivity contribution in [2.75, 3.05) is 20.1 Å². The third-order valence-corrected chi connectivity index (χ3v) is 3.05. The van der Waals surface area contributed by atoms with Crippen LogP contribution in [-0.4, -0.2) is 36.1 Å². The molecule has 2 rings (SSSR count). The number of rotatable bonds is 4. The van der Waals surface area contributed by atoms with Crippen molar-refractivity contribution < 1.29 is 0 Å². The van der Waals surface area contributed by atoms with Crippen LogP contribution in [0, 0.1) is 0 Å². The van der Waals surface area contributed by atoms with E-state index in [1.54, 1.807) is 0 Å². The highest BCUT2D eigenvalue weighted by atomic mass is 15.1. The van der Waals surface area contributed by atoms with Gasteiger partial charge in [-0.1, -0.05) is 6.42 Å². The second-order valence-electron chi connectivity index (χ2n) is 4.54. The van der Waals surface area contributed by atoms with Crippen LogP contribution in [0.4, 0.5) is 0 Å². The molecule has 84 valence electrons. The van der Waals surface area contributed by atoms with E-state index in [4.69, 9.17) is 0 Å². The molecular weight excluding hydrogens is 186 g/mol. The Morgan fingerprint density at radius 2 is 2.40 bits per heavy atom. The average Bonchev–Trinajstić information content (AvgIpc) is 2.71. The van der Waals surface area contributed by atoms with Crippen LogP contribution in [0.2, 0.25) is 0 Å². The summed E-state index contributed by atoms with van der Waals surface area (Å²) in [5.41, 5.74) is 1.30. The minimum absolute atomic E-state index is 0.693. The normalized spacial score (nSPS) is 22.1. The summed E-state index contributed by atoms with van der Waals surface area (Å²) in [6.07, 6.45) is 6.04. The summed E-state index contributed by atoms with van der Waals surface area (Å²) >= 11 is 0. The predicted molar refractivity (Wildman–Crippen MR) is 62.8 cm³/mol. The lowest BCUT2D eigenvalue weighted by Gasteiger charge is -2.27. The molecule has 3 heteroatoms. The summed E-state index contributed by atoms with van der Waals surface area (Å²) in [5.74, 6) is 0. The summed E-state index contributed by atoms with van der Waals surface area (Å²) in [5, 5.41) is 3.58. The van der Waals surface area contributed by atoms with E-state index >= 15 is 0 Å². The molecule has 1 unspecified atom stereocenters. The Hall–Kier alpha value is -0.800. The van der Waals surface area contributed by atoms with Gasteiger partial charge in [0.15, 0.2) is 0 Å². The Labute approximate surface area is 91.9 Å². The molecule has 1 aromatic rings. The number of nitrogens with zero attached hydrogens (tertiary/aromatic N) is 1. The quantitative estimate of drug-likeness (QED) is 0.785. The zero-order valence-electron chi connectivity index (χ0n) is 9.50. The maximum absolute atomic E-state index is 3.58. The van der Waals surface area contributed by atoms with Crippen LogP contribution in [0.5, 0.6) is 0 Å². The minimum atomic E-state index is 0.693. The van der Waals surface area contributed by atoms with Crippen LogP contribution in [-0.2, 0) is 6.54 Å². The summed E-state index contributed by atoms with van der Waals surface area (Å²) < 4.78 is 0. The number of hydrogen-bond donors (Lipinski definition) is 2. The van der Waals surface area contributed by atoms with Gasteiger partial charge in [-0.05, 0) is 38.6 Å². The van der Waals surface area contributed by atoms with Crippen molar-refractivity contribution in [3.63, 3.8) is 0 Å². The molecule has 0 radical (unpaired) electrons.